The summed E-state index contributed by atoms with van der Waals surface area (Å²) in [5, 5.41) is 25.5. The topological polar surface area (TPSA) is 210 Å². The number of rotatable bonds is 14. The van der Waals surface area contributed by atoms with Crippen molar-refractivity contribution in [1.82, 2.24) is 10.6 Å². The molecule has 282 valence electrons. The third kappa shape index (κ3) is 10.7. The van der Waals surface area contributed by atoms with E-state index in [1.54, 1.807) is 76.4 Å². The van der Waals surface area contributed by atoms with Crippen molar-refractivity contribution in [2.24, 2.45) is 0 Å². The van der Waals surface area contributed by atoms with Crippen LogP contribution in [0.5, 0.6) is 5.75 Å². The van der Waals surface area contributed by atoms with Crippen molar-refractivity contribution in [1.29, 1.82) is 5.41 Å². The molecule has 0 spiro atoms. The Morgan fingerprint density at radius 3 is 2.30 bits per heavy atom. The summed E-state index contributed by atoms with van der Waals surface area (Å²) in [4.78, 5) is 36.5. The number of amides is 3. The molecule has 3 aromatic carbocycles. The summed E-state index contributed by atoms with van der Waals surface area (Å²) < 4.78 is 40.5. The Bertz CT molecular complexity index is 2080. The summed E-state index contributed by atoms with van der Waals surface area (Å²) in [6.45, 7) is 7.53. The van der Waals surface area contributed by atoms with E-state index in [-0.39, 0.29) is 37.4 Å². The first-order chi connectivity index (χ1) is 25.0. The van der Waals surface area contributed by atoms with E-state index in [0.717, 1.165) is 29.5 Å². The summed E-state index contributed by atoms with van der Waals surface area (Å²) >= 11 is 2.18. The first-order valence-corrected chi connectivity index (χ1v) is 20.1. The van der Waals surface area contributed by atoms with Crippen molar-refractivity contribution >= 4 is 68.2 Å². The number of nitrogens with two attached hydrogens (primary N) is 1. The molecule has 0 aliphatic carbocycles. The van der Waals surface area contributed by atoms with Gasteiger partial charge in [-0.25, -0.2) is 22.8 Å². The van der Waals surface area contributed by atoms with Crippen molar-refractivity contribution in [2.75, 3.05) is 30.5 Å². The summed E-state index contributed by atoms with van der Waals surface area (Å²) in [5.74, 6) is -0.784. The standard InChI is InChI=1S/C37H43N5O8S3/c1-22-20-26(38)31(53(47,48)28-21-27(52-34(28)51-5)32(39)42-36(46)50-37(2,3)4)30(29(22)23-12-8-6-9-13-23)41-35(45)40-18-10-7-11-19-49-25-16-14-24(15-17-25)33(43)44/h6,8-9,12-17,20-21H,7,10-11,18-19,38H2,1-5H3,(H,43,44)(H2,39,42,46)(H2,40,41,45). The number of nitrogen functional groups attached to an aromatic ring is 1. The maximum atomic E-state index is 14.6. The highest BCUT2D eigenvalue weighted by molar-refractivity contribution is 8.01. The normalized spacial score (nSPS) is 11.4. The number of hydrogen-bond donors (Lipinski definition) is 6. The van der Waals surface area contributed by atoms with Crippen molar-refractivity contribution < 1.29 is 37.4 Å². The lowest BCUT2D eigenvalue weighted by Crippen LogP contribution is -2.36. The second-order valence-corrected chi connectivity index (χ2v) is 16.8. The Morgan fingerprint density at radius 2 is 1.68 bits per heavy atom. The number of sulfone groups is 1. The monoisotopic (exact) mass is 781 g/mol. The van der Waals surface area contributed by atoms with Crippen LogP contribution in [0.2, 0.25) is 0 Å². The number of thiophene rings is 1. The number of carboxylic acids is 1. The van der Waals surface area contributed by atoms with Crippen molar-refractivity contribution in [3.8, 4) is 16.9 Å². The number of aromatic carboxylic acids is 1. The lowest BCUT2D eigenvalue weighted by molar-refractivity contribution is 0.0562. The first kappa shape index (κ1) is 40.7. The zero-order valence-corrected chi connectivity index (χ0v) is 32.4. The van der Waals surface area contributed by atoms with E-state index in [0.29, 0.717) is 52.6 Å². The van der Waals surface area contributed by atoms with Crippen LogP contribution < -0.4 is 26.4 Å². The second kappa shape index (κ2) is 17.6. The van der Waals surface area contributed by atoms with Gasteiger partial charge in [-0.15, -0.1) is 23.1 Å². The van der Waals surface area contributed by atoms with Crippen LogP contribution in [-0.4, -0.2) is 62.5 Å². The third-order valence-electron chi connectivity index (χ3n) is 7.57. The number of carbonyl (C=O) groups excluding carboxylic acids is 2. The molecule has 0 aliphatic heterocycles. The molecule has 0 saturated heterocycles. The number of ether oxygens (including phenoxy) is 2. The maximum Gasteiger partial charge on any atom is 0.413 e. The highest BCUT2D eigenvalue weighted by Gasteiger charge is 2.33. The van der Waals surface area contributed by atoms with Gasteiger partial charge in [-0.2, -0.15) is 0 Å². The molecule has 4 rings (SSSR count). The van der Waals surface area contributed by atoms with Crippen LogP contribution in [-0.2, 0) is 14.6 Å². The minimum absolute atomic E-state index is 0.00951. The predicted molar refractivity (Wildman–Crippen MR) is 209 cm³/mol. The minimum atomic E-state index is -4.43. The Hall–Kier alpha value is -5.06. The van der Waals surface area contributed by atoms with Crippen LogP contribution in [0.3, 0.4) is 0 Å². The molecule has 0 aliphatic rings. The molecule has 16 heteroatoms. The smallest absolute Gasteiger partial charge is 0.413 e. The van der Waals surface area contributed by atoms with Gasteiger partial charge in [-0.3, -0.25) is 10.7 Å². The Kier molecular flexibility index (Phi) is 13.5. The SMILES string of the molecule is CSc1sc(C(=N)NC(=O)OC(C)(C)C)cc1S(=O)(=O)c1c(N)cc(C)c(-c2ccccc2)c1NC(=O)NCCCCCOc1ccc(C(=O)O)cc1. The van der Waals surface area contributed by atoms with Gasteiger partial charge in [0.05, 0.1) is 37.5 Å². The van der Waals surface area contributed by atoms with Gasteiger partial charge in [0.2, 0.25) is 9.84 Å². The quantitative estimate of drug-likeness (QED) is 0.0241. The van der Waals surface area contributed by atoms with E-state index in [9.17, 15) is 22.8 Å². The highest BCUT2D eigenvalue weighted by Crippen LogP contribution is 2.45. The van der Waals surface area contributed by atoms with Crippen LogP contribution in [0.25, 0.3) is 11.1 Å². The summed E-state index contributed by atoms with van der Waals surface area (Å²) in [7, 11) is -4.43. The van der Waals surface area contributed by atoms with Crippen molar-refractivity contribution in [3.63, 3.8) is 0 Å². The van der Waals surface area contributed by atoms with E-state index in [1.165, 1.54) is 18.2 Å². The zero-order valence-electron chi connectivity index (χ0n) is 30.0. The fraction of sp³-hybridized carbons (Fsp3) is 0.297. The number of thioether (sulfide) groups is 1. The molecule has 0 radical (unpaired) electrons. The van der Waals surface area contributed by atoms with Crippen LogP contribution in [0, 0.1) is 12.3 Å². The number of urea groups is 1. The lowest BCUT2D eigenvalue weighted by atomic mass is 9.97. The molecule has 7 N–H and O–H groups in total. The minimum Gasteiger partial charge on any atom is -0.494 e. The third-order valence-corrected chi connectivity index (χ3v) is 12.0. The largest absolute Gasteiger partial charge is 0.494 e. The summed E-state index contributed by atoms with van der Waals surface area (Å²) in [5.41, 5.74) is 7.56. The second-order valence-electron chi connectivity index (χ2n) is 12.8. The number of carboxylic acid groups (broad SMARTS) is 1. The van der Waals surface area contributed by atoms with Gasteiger partial charge >= 0.3 is 18.1 Å². The number of nitrogens with one attached hydrogen (secondary N) is 4. The number of alkyl carbamates (subject to hydrolysis) is 1. The maximum absolute atomic E-state index is 14.6. The Balaban J connectivity index is 1.55. The van der Waals surface area contributed by atoms with Crippen LogP contribution >= 0.6 is 23.1 Å². The van der Waals surface area contributed by atoms with E-state index in [1.807, 2.05) is 6.07 Å². The van der Waals surface area contributed by atoms with Crippen LogP contribution in [0.1, 0.15) is 60.8 Å². The molecule has 13 nitrogen and oxygen atoms in total. The molecule has 0 fully saturated rings. The van der Waals surface area contributed by atoms with Gasteiger partial charge in [0.25, 0.3) is 0 Å². The molecule has 53 heavy (non-hydrogen) atoms. The molecule has 0 bridgehead atoms. The van der Waals surface area contributed by atoms with E-state index in [2.05, 4.69) is 16.0 Å². The molecule has 4 aromatic rings. The highest BCUT2D eigenvalue weighted by atomic mass is 32.2. The summed E-state index contributed by atoms with van der Waals surface area (Å²) in [6.07, 6.45) is 2.86. The fourth-order valence-corrected chi connectivity index (χ4v) is 9.41. The van der Waals surface area contributed by atoms with Gasteiger partial charge in [0.15, 0.2) is 0 Å². The fourth-order valence-electron chi connectivity index (χ4n) is 5.25. The molecule has 1 aromatic heterocycles. The molecule has 0 saturated carbocycles. The van der Waals surface area contributed by atoms with Gasteiger partial charge in [-0.1, -0.05) is 30.3 Å². The van der Waals surface area contributed by atoms with E-state index >= 15 is 0 Å². The van der Waals surface area contributed by atoms with Gasteiger partial charge < -0.3 is 30.9 Å². The Morgan fingerprint density at radius 1 is 1.00 bits per heavy atom. The number of unbranched alkanes of at least 4 members (excludes halogenated alkanes) is 2. The molecular weight excluding hydrogens is 739 g/mol. The number of benzene rings is 3. The van der Waals surface area contributed by atoms with Gasteiger partial charge in [-0.05, 0) is 101 Å². The van der Waals surface area contributed by atoms with Crippen LogP contribution in [0.4, 0.5) is 21.0 Å². The van der Waals surface area contributed by atoms with Crippen LogP contribution in [0.15, 0.2) is 80.7 Å². The molecule has 1 heterocycles. The van der Waals surface area contributed by atoms with Crippen molar-refractivity contribution in [3.05, 3.63) is 82.7 Å². The van der Waals surface area contributed by atoms with Gasteiger partial charge in [0.1, 0.15) is 22.1 Å². The number of carbonyl (C=O) groups is 3. The zero-order chi connectivity index (χ0) is 38.9. The molecule has 0 unspecified atom stereocenters. The number of anilines is 2. The number of hydrogen-bond acceptors (Lipinski definition) is 11. The van der Waals surface area contributed by atoms with E-state index in [4.69, 9.17) is 25.7 Å². The molecular formula is C37H43N5O8S3. The Labute approximate surface area is 317 Å². The predicted octanol–water partition coefficient (Wildman–Crippen LogP) is 7.78. The average Bonchev–Trinajstić information content (AvgIpc) is 3.53. The first-order valence-electron chi connectivity index (χ1n) is 16.5. The summed E-state index contributed by atoms with van der Waals surface area (Å²) in [6, 6.07) is 17.4. The molecule has 0 atom stereocenters. The average molecular weight is 782 g/mol. The van der Waals surface area contributed by atoms with E-state index < -0.39 is 33.5 Å². The van der Waals surface area contributed by atoms with Gasteiger partial charge in [0, 0.05) is 12.1 Å². The number of amidine groups is 1. The van der Waals surface area contributed by atoms with Crippen molar-refractivity contribution in [2.45, 2.75) is 66.6 Å². The molecule has 3 amide bonds. The number of aryl methyl sites for hydroxylation is 1. The lowest BCUT2D eigenvalue weighted by Gasteiger charge is -2.21.